The second-order valence-corrected chi connectivity index (χ2v) is 28.0. The molecule has 0 heterocycles. The lowest BCUT2D eigenvalue weighted by atomic mass is 10.0. The molecule has 0 aromatic rings. The van der Waals surface area contributed by atoms with E-state index in [4.69, 9.17) is 18.5 Å². The lowest BCUT2D eigenvalue weighted by Gasteiger charge is -2.28. The highest BCUT2D eigenvalue weighted by atomic mass is 31.2. The quantitative estimate of drug-likeness (QED) is 0.0195. The molecule has 88 heavy (non-hydrogen) atoms. The van der Waals surface area contributed by atoms with Crippen LogP contribution in [-0.4, -0.2) is 70.0 Å². The molecule has 9 nitrogen and oxygen atoms in total. The number of likely N-dealkylation sites (N-methyl/N-ethyl adjacent to an activating group) is 1. The second kappa shape index (κ2) is 68.8. The van der Waals surface area contributed by atoms with Crippen LogP contribution >= 0.6 is 7.82 Å². The van der Waals surface area contributed by atoms with E-state index >= 15 is 0 Å². The molecule has 2 unspecified atom stereocenters. The number of quaternary nitrogens is 1. The maximum Gasteiger partial charge on any atom is 0.306 e. The molecule has 0 spiro atoms. The topological polar surface area (TPSA) is 111 Å². The van der Waals surface area contributed by atoms with E-state index in [0.29, 0.717) is 17.4 Å². The molecule has 0 aliphatic heterocycles. The highest BCUT2D eigenvalue weighted by molar-refractivity contribution is 7.45. The van der Waals surface area contributed by atoms with Crippen LogP contribution in [0.3, 0.4) is 0 Å². The third-order valence-electron chi connectivity index (χ3n) is 16.7. The van der Waals surface area contributed by atoms with E-state index in [1.165, 1.54) is 250 Å². The number of hydrogen-bond donors (Lipinski definition) is 0. The van der Waals surface area contributed by atoms with Gasteiger partial charge in [0, 0.05) is 12.8 Å². The maximum absolute atomic E-state index is 12.9. The van der Waals surface area contributed by atoms with Gasteiger partial charge in [0.25, 0.3) is 7.82 Å². The molecule has 0 aliphatic rings. The van der Waals surface area contributed by atoms with Gasteiger partial charge in [-0.2, -0.15) is 0 Å². The van der Waals surface area contributed by atoms with Crippen molar-refractivity contribution in [3.05, 3.63) is 72.9 Å². The average molecular weight is 1250 g/mol. The predicted molar refractivity (Wildman–Crippen MR) is 379 cm³/mol. The SMILES string of the molecule is CC/C=C\C/C=C\C/C=C\C/C=C\C/C=C\CCCCCCCCCCCC(=O)OC(COC(=O)CCCCCCCCCCCCCCCCCCCCCCCCCCCCC/C=C\CCCCCCCCCC)COP(=O)([O-])OCC[N+](C)(C)C. The number of unbranched alkanes of at least 4 members (excludes halogenated alkanes) is 44. The fourth-order valence-electron chi connectivity index (χ4n) is 11.0. The number of carbonyl (C=O) groups is 2. The average Bonchev–Trinajstić information content (AvgIpc) is 3.57. The van der Waals surface area contributed by atoms with Gasteiger partial charge in [-0.3, -0.25) is 14.2 Å². The Bertz CT molecular complexity index is 1710. The van der Waals surface area contributed by atoms with Crippen molar-refractivity contribution < 1.29 is 42.1 Å². The Morgan fingerprint density at radius 1 is 0.364 bits per heavy atom. The zero-order chi connectivity index (χ0) is 64.1. The van der Waals surface area contributed by atoms with E-state index in [-0.39, 0.29) is 32.0 Å². The van der Waals surface area contributed by atoms with Gasteiger partial charge in [0.2, 0.25) is 0 Å². The van der Waals surface area contributed by atoms with E-state index in [0.717, 1.165) is 77.0 Å². The number of ether oxygens (including phenoxy) is 2. The molecule has 0 saturated heterocycles. The monoisotopic (exact) mass is 1250 g/mol. The second-order valence-electron chi connectivity index (χ2n) is 26.6. The lowest BCUT2D eigenvalue weighted by molar-refractivity contribution is -0.870. The third-order valence-corrected chi connectivity index (χ3v) is 17.7. The molecule has 0 fully saturated rings. The minimum atomic E-state index is -4.65. The summed E-state index contributed by atoms with van der Waals surface area (Å²) in [5, 5.41) is 0. The Morgan fingerprint density at radius 2 is 0.648 bits per heavy atom. The number of esters is 2. The molecule has 514 valence electrons. The number of hydrogen-bond acceptors (Lipinski definition) is 8. The first kappa shape index (κ1) is 85.5. The molecule has 0 radical (unpaired) electrons. The van der Waals surface area contributed by atoms with Crippen LogP contribution < -0.4 is 4.89 Å². The Morgan fingerprint density at radius 3 is 0.977 bits per heavy atom. The van der Waals surface area contributed by atoms with Gasteiger partial charge in [0.15, 0.2) is 6.10 Å². The van der Waals surface area contributed by atoms with Crippen molar-refractivity contribution in [1.82, 2.24) is 0 Å². The van der Waals surface area contributed by atoms with Crippen molar-refractivity contribution in [2.24, 2.45) is 0 Å². The number of rotatable bonds is 70. The van der Waals surface area contributed by atoms with Gasteiger partial charge in [-0.05, 0) is 83.5 Å². The standard InChI is InChI=1S/C78H144NO8P/c1-6-8-10-12-14-16-18-20-22-24-26-28-30-32-33-34-35-36-37-38-39-40-41-42-43-44-45-47-48-50-52-54-56-58-60-62-64-66-68-70-77(80)84-74-76(75-86-88(82,83)85-73-72-79(3,4)5)87-78(81)71-69-67-65-63-61-59-57-55-53-51-49-46-31-29-27-25-23-21-19-17-15-13-11-9-7-2/h9,11,15,17,21,23-24,26-27,29,46,49,76H,6-8,10,12-14,16,18-20,22,25,28,30-45,47-48,50-75H2,1-5H3/b11-9-,17-15-,23-21-,26-24-,29-27-,49-46-. The fraction of sp³-hybridized carbons (Fsp3) is 0.821. The van der Waals surface area contributed by atoms with Gasteiger partial charge in [0.1, 0.15) is 19.8 Å². The molecule has 0 rings (SSSR count). The molecule has 0 aliphatic carbocycles. The Hall–Kier alpha value is -2.55. The highest BCUT2D eigenvalue weighted by Gasteiger charge is 2.22. The summed E-state index contributed by atoms with van der Waals surface area (Å²) < 4.78 is 34.3. The van der Waals surface area contributed by atoms with Crippen LogP contribution in [0.1, 0.15) is 361 Å². The fourth-order valence-corrected chi connectivity index (χ4v) is 11.7. The summed E-state index contributed by atoms with van der Waals surface area (Å²) in [5.41, 5.74) is 0. The van der Waals surface area contributed by atoms with Crippen molar-refractivity contribution in [2.45, 2.75) is 367 Å². The summed E-state index contributed by atoms with van der Waals surface area (Å²) in [6.45, 7) is 4.17. The molecule has 0 bridgehead atoms. The van der Waals surface area contributed by atoms with Crippen LogP contribution in [0.2, 0.25) is 0 Å². The zero-order valence-electron chi connectivity index (χ0n) is 58.7. The number of carbonyl (C=O) groups excluding carboxylic acids is 2. The van der Waals surface area contributed by atoms with E-state index in [1.54, 1.807) is 0 Å². The van der Waals surface area contributed by atoms with Gasteiger partial charge in [-0.15, -0.1) is 0 Å². The zero-order valence-corrected chi connectivity index (χ0v) is 59.6. The Labute approximate surface area is 546 Å². The number of phosphoric acid groups is 1. The largest absolute Gasteiger partial charge is 0.756 e. The molecule has 0 aromatic carbocycles. The summed E-state index contributed by atoms with van der Waals surface area (Å²) in [6, 6.07) is 0. The number of phosphoric ester groups is 1. The number of allylic oxidation sites excluding steroid dienone is 12. The van der Waals surface area contributed by atoms with Crippen LogP contribution in [0.4, 0.5) is 0 Å². The lowest BCUT2D eigenvalue weighted by Crippen LogP contribution is -2.37. The summed E-state index contributed by atoms with van der Waals surface area (Å²) >= 11 is 0. The number of nitrogens with zero attached hydrogens (tertiary/aromatic N) is 1. The van der Waals surface area contributed by atoms with Gasteiger partial charge in [0.05, 0.1) is 27.7 Å². The minimum absolute atomic E-state index is 0.0331. The van der Waals surface area contributed by atoms with Gasteiger partial charge < -0.3 is 27.9 Å². The molecule has 10 heteroatoms. The van der Waals surface area contributed by atoms with Crippen LogP contribution in [0.5, 0.6) is 0 Å². The summed E-state index contributed by atoms with van der Waals surface area (Å²) in [7, 11) is 1.17. The van der Waals surface area contributed by atoms with E-state index in [1.807, 2.05) is 21.1 Å². The summed E-state index contributed by atoms with van der Waals surface area (Å²) in [4.78, 5) is 38.1. The van der Waals surface area contributed by atoms with Crippen LogP contribution in [-0.2, 0) is 32.7 Å². The van der Waals surface area contributed by atoms with Crippen LogP contribution in [0.25, 0.3) is 0 Å². The molecule has 0 amide bonds. The van der Waals surface area contributed by atoms with Crippen molar-refractivity contribution in [2.75, 3.05) is 47.5 Å². The predicted octanol–water partition coefficient (Wildman–Crippen LogP) is 24.1. The molecular weight excluding hydrogens is 1110 g/mol. The van der Waals surface area contributed by atoms with E-state index in [2.05, 4.69) is 86.8 Å². The van der Waals surface area contributed by atoms with E-state index in [9.17, 15) is 19.0 Å². The van der Waals surface area contributed by atoms with Crippen LogP contribution in [0.15, 0.2) is 72.9 Å². The van der Waals surface area contributed by atoms with Gasteiger partial charge >= 0.3 is 11.9 Å². The first-order valence-corrected chi connectivity index (χ1v) is 39.1. The minimum Gasteiger partial charge on any atom is -0.756 e. The van der Waals surface area contributed by atoms with E-state index < -0.39 is 26.5 Å². The summed E-state index contributed by atoms with van der Waals surface area (Å²) in [6.07, 6.45) is 93.0. The maximum atomic E-state index is 12.9. The van der Waals surface area contributed by atoms with Crippen molar-refractivity contribution in [3.8, 4) is 0 Å². The first-order chi connectivity index (χ1) is 43.0. The first-order valence-electron chi connectivity index (χ1n) is 37.6. The molecule has 0 N–H and O–H groups in total. The van der Waals surface area contributed by atoms with Crippen molar-refractivity contribution in [3.63, 3.8) is 0 Å². The molecule has 0 aromatic heterocycles. The Kier molecular flexibility index (Phi) is 66.8. The third kappa shape index (κ3) is 72.5. The smallest absolute Gasteiger partial charge is 0.306 e. The van der Waals surface area contributed by atoms with Crippen molar-refractivity contribution >= 4 is 19.8 Å². The van der Waals surface area contributed by atoms with Crippen LogP contribution in [0, 0.1) is 0 Å². The normalized spacial score (nSPS) is 13.5. The highest BCUT2D eigenvalue weighted by Crippen LogP contribution is 2.38. The molecule has 2 atom stereocenters. The van der Waals surface area contributed by atoms with Gasteiger partial charge in [-0.25, -0.2) is 0 Å². The Balaban J connectivity index is 3.93. The van der Waals surface area contributed by atoms with Gasteiger partial charge in [-0.1, -0.05) is 337 Å². The summed E-state index contributed by atoms with van der Waals surface area (Å²) in [5.74, 6) is -0.827. The van der Waals surface area contributed by atoms with Crippen molar-refractivity contribution in [1.29, 1.82) is 0 Å². The molecular formula is C78H144NO8P. The molecule has 0 saturated carbocycles.